The fraction of sp³-hybridized carbons (Fsp3) is 0.786. The Kier molecular flexibility index (Phi) is 5.69. The highest BCUT2D eigenvalue weighted by atomic mass is 15.3. The maximum atomic E-state index is 4.61. The highest BCUT2D eigenvalue weighted by Gasteiger charge is 2.10. The van der Waals surface area contributed by atoms with E-state index in [0.717, 1.165) is 13.0 Å². The van der Waals surface area contributed by atoms with Crippen LogP contribution in [0.1, 0.15) is 52.8 Å². The van der Waals surface area contributed by atoms with Gasteiger partial charge in [0.05, 0.1) is 5.69 Å². The van der Waals surface area contributed by atoms with Crippen LogP contribution in [0, 0.1) is 5.92 Å². The van der Waals surface area contributed by atoms with Crippen molar-refractivity contribution in [2.24, 2.45) is 5.92 Å². The van der Waals surface area contributed by atoms with E-state index in [1.165, 1.54) is 12.1 Å². The van der Waals surface area contributed by atoms with Crippen molar-refractivity contribution in [3.63, 3.8) is 0 Å². The molecule has 0 saturated heterocycles. The molecular formula is C14H27N3. The molecule has 1 aromatic heterocycles. The first-order valence-electron chi connectivity index (χ1n) is 6.80. The Morgan fingerprint density at radius 1 is 1.29 bits per heavy atom. The lowest BCUT2D eigenvalue weighted by Crippen LogP contribution is -2.29. The van der Waals surface area contributed by atoms with Crippen LogP contribution in [0.25, 0.3) is 0 Å². The molecule has 0 aliphatic rings. The molecule has 3 nitrogen and oxygen atoms in total. The van der Waals surface area contributed by atoms with Crippen molar-refractivity contribution in [3.05, 3.63) is 18.0 Å². The zero-order chi connectivity index (χ0) is 12.8. The lowest BCUT2D eigenvalue weighted by Gasteiger charge is -2.16. The topological polar surface area (TPSA) is 29.9 Å². The largest absolute Gasteiger partial charge is 0.314 e. The molecule has 3 heteroatoms. The van der Waals surface area contributed by atoms with Gasteiger partial charge in [0.25, 0.3) is 0 Å². The van der Waals surface area contributed by atoms with Crippen molar-refractivity contribution in [2.45, 2.75) is 59.5 Å². The molecule has 0 spiro atoms. The van der Waals surface area contributed by atoms with Gasteiger partial charge in [0.2, 0.25) is 0 Å². The number of aromatic nitrogens is 2. The van der Waals surface area contributed by atoms with Gasteiger partial charge < -0.3 is 5.32 Å². The van der Waals surface area contributed by atoms with E-state index in [0.29, 0.717) is 18.0 Å². The van der Waals surface area contributed by atoms with Gasteiger partial charge in [0.1, 0.15) is 0 Å². The second-order valence-corrected chi connectivity index (χ2v) is 5.42. The van der Waals surface area contributed by atoms with Gasteiger partial charge in [-0.15, -0.1) is 0 Å². The third-order valence-corrected chi connectivity index (χ3v) is 3.08. The van der Waals surface area contributed by atoms with Gasteiger partial charge in [-0.25, -0.2) is 0 Å². The average molecular weight is 237 g/mol. The quantitative estimate of drug-likeness (QED) is 0.790. The fourth-order valence-electron chi connectivity index (χ4n) is 1.83. The molecule has 0 aliphatic carbocycles. The summed E-state index contributed by atoms with van der Waals surface area (Å²) in [6.45, 7) is 12.1. The van der Waals surface area contributed by atoms with E-state index < -0.39 is 0 Å². The molecular weight excluding hydrogens is 210 g/mol. The minimum Gasteiger partial charge on any atom is -0.314 e. The molecule has 1 unspecified atom stereocenters. The summed E-state index contributed by atoms with van der Waals surface area (Å²) in [4.78, 5) is 0. The zero-order valence-corrected chi connectivity index (χ0v) is 11.9. The molecule has 0 amide bonds. The molecule has 1 atom stereocenters. The molecule has 1 rings (SSSR count). The van der Waals surface area contributed by atoms with Gasteiger partial charge >= 0.3 is 0 Å². The first-order chi connectivity index (χ1) is 8.02. The van der Waals surface area contributed by atoms with E-state index in [1.807, 2.05) is 4.68 Å². The smallest absolute Gasteiger partial charge is 0.0627 e. The standard InChI is InChI=1S/C14H27N3/c1-6-13(10-15-11(2)3)9-14-7-8-17(16-14)12(4)5/h7-8,11-13,15H,6,9-10H2,1-5H3. The Bertz CT molecular complexity index is 315. The summed E-state index contributed by atoms with van der Waals surface area (Å²) in [5, 5.41) is 8.13. The third kappa shape index (κ3) is 4.90. The summed E-state index contributed by atoms with van der Waals surface area (Å²) in [5.41, 5.74) is 1.22. The van der Waals surface area contributed by atoms with Gasteiger partial charge in [-0.1, -0.05) is 27.2 Å². The lowest BCUT2D eigenvalue weighted by molar-refractivity contribution is 0.428. The van der Waals surface area contributed by atoms with Crippen LogP contribution >= 0.6 is 0 Å². The van der Waals surface area contributed by atoms with Crippen molar-refractivity contribution >= 4 is 0 Å². The second kappa shape index (κ2) is 6.80. The predicted molar refractivity (Wildman–Crippen MR) is 73.2 cm³/mol. The number of hydrogen-bond donors (Lipinski definition) is 1. The van der Waals surface area contributed by atoms with Crippen molar-refractivity contribution in [2.75, 3.05) is 6.54 Å². The molecule has 0 aliphatic heterocycles. The monoisotopic (exact) mass is 237 g/mol. The number of nitrogens with one attached hydrogen (secondary N) is 1. The highest BCUT2D eigenvalue weighted by Crippen LogP contribution is 2.12. The lowest BCUT2D eigenvalue weighted by atomic mass is 10.0. The molecule has 1 heterocycles. The van der Waals surface area contributed by atoms with E-state index in [9.17, 15) is 0 Å². The minimum atomic E-state index is 0.456. The first kappa shape index (κ1) is 14.2. The molecule has 0 saturated carbocycles. The molecule has 1 N–H and O–H groups in total. The Morgan fingerprint density at radius 2 is 2.00 bits per heavy atom. The highest BCUT2D eigenvalue weighted by molar-refractivity contribution is 5.01. The number of nitrogens with zero attached hydrogens (tertiary/aromatic N) is 2. The van der Waals surface area contributed by atoms with E-state index in [1.54, 1.807) is 0 Å². The molecule has 0 fully saturated rings. The summed E-state index contributed by atoms with van der Waals surface area (Å²) in [6.07, 6.45) is 4.37. The summed E-state index contributed by atoms with van der Waals surface area (Å²) in [7, 11) is 0. The number of hydrogen-bond acceptors (Lipinski definition) is 2. The fourth-order valence-corrected chi connectivity index (χ4v) is 1.83. The van der Waals surface area contributed by atoms with E-state index in [2.05, 4.69) is 57.3 Å². The van der Waals surface area contributed by atoms with Gasteiger partial charge in [-0.05, 0) is 38.8 Å². The second-order valence-electron chi connectivity index (χ2n) is 5.42. The van der Waals surface area contributed by atoms with Crippen LogP contribution in [-0.2, 0) is 6.42 Å². The van der Waals surface area contributed by atoms with Crippen LogP contribution in [0.2, 0.25) is 0 Å². The van der Waals surface area contributed by atoms with Crippen LogP contribution < -0.4 is 5.32 Å². The SMILES string of the molecule is CCC(CNC(C)C)Cc1ccn(C(C)C)n1. The van der Waals surface area contributed by atoms with E-state index in [-0.39, 0.29) is 0 Å². The Morgan fingerprint density at radius 3 is 2.47 bits per heavy atom. The first-order valence-corrected chi connectivity index (χ1v) is 6.80. The minimum absolute atomic E-state index is 0.456. The Labute approximate surface area is 106 Å². The molecule has 17 heavy (non-hydrogen) atoms. The molecule has 0 radical (unpaired) electrons. The molecule has 1 aromatic rings. The normalized spacial score (nSPS) is 13.6. The van der Waals surface area contributed by atoms with Crippen LogP contribution in [0.15, 0.2) is 12.3 Å². The van der Waals surface area contributed by atoms with Crippen LogP contribution in [0.5, 0.6) is 0 Å². The third-order valence-electron chi connectivity index (χ3n) is 3.08. The van der Waals surface area contributed by atoms with Gasteiger partial charge in [-0.3, -0.25) is 4.68 Å². The van der Waals surface area contributed by atoms with Crippen LogP contribution in [0.4, 0.5) is 0 Å². The Hall–Kier alpha value is -0.830. The predicted octanol–water partition coefficient (Wildman–Crippen LogP) is 3.03. The molecule has 98 valence electrons. The number of rotatable bonds is 7. The van der Waals surface area contributed by atoms with Gasteiger partial charge in [-0.2, -0.15) is 5.10 Å². The van der Waals surface area contributed by atoms with E-state index in [4.69, 9.17) is 0 Å². The van der Waals surface area contributed by atoms with Crippen molar-refractivity contribution in [1.82, 2.24) is 15.1 Å². The van der Waals surface area contributed by atoms with Crippen LogP contribution in [-0.4, -0.2) is 22.4 Å². The van der Waals surface area contributed by atoms with Gasteiger partial charge in [0.15, 0.2) is 0 Å². The summed E-state index contributed by atoms with van der Waals surface area (Å²) in [5.74, 6) is 0.688. The van der Waals surface area contributed by atoms with Crippen molar-refractivity contribution in [1.29, 1.82) is 0 Å². The van der Waals surface area contributed by atoms with Crippen molar-refractivity contribution in [3.8, 4) is 0 Å². The maximum Gasteiger partial charge on any atom is 0.0627 e. The molecule has 0 aromatic carbocycles. The zero-order valence-electron chi connectivity index (χ0n) is 11.9. The van der Waals surface area contributed by atoms with E-state index >= 15 is 0 Å². The van der Waals surface area contributed by atoms with Crippen molar-refractivity contribution < 1.29 is 0 Å². The maximum absolute atomic E-state index is 4.61. The Balaban J connectivity index is 2.49. The summed E-state index contributed by atoms with van der Waals surface area (Å²) in [6, 6.07) is 3.17. The molecule has 0 bridgehead atoms. The van der Waals surface area contributed by atoms with Crippen LogP contribution in [0.3, 0.4) is 0 Å². The summed E-state index contributed by atoms with van der Waals surface area (Å²) >= 11 is 0. The summed E-state index contributed by atoms with van der Waals surface area (Å²) < 4.78 is 2.04. The van der Waals surface area contributed by atoms with Gasteiger partial charge in [0, 0.05) is 18.3 Å². The average Bonchev–Trinajstić information content (AvgIpc) is 2.72.